The summed E-state index contributed by atoms with van der Waals surface area (Å²) >= 11 is 0. The van der Waals surface area contributed by atoms with Gasteiger partial charge >= 0.3 is 12.0 Å². The second-order valence-electron chi connectivity index (χ2n) is 6.70. The quantitative estimate of drug-likeness (QED) is 0.825. The van der Waals surface area contributed by atoms with Crippen molar-refractivity contribution in [1.29, 1.82) is 0 Å². The van der Waals surface area contributed by atoms with E-state index < -0.39 is 12.0 Å². The molecular formula is C14H26N2O3. The predicted molar refractivity (Wildman–Crippen MR) is 73.9 cm³/mol. The summed E-state index contributed by atoms with van der Waals surface area (Å²) < 4.78 is 0. The van der Waals surface area contributed by atoms with Crippen LogP contribution in [0.25, 0.3) is 0 Å². The second kappa shape index (κ2) is 5.80. The number of hydrogen-bond acceptors (Lipinski definition) is 2. The largest absolute Gasteiger partial charge is 0.480 e. The first kappa shape index (κ1) is 15.8. The zero-order chi connectivity index (χ0) is 14.8. The smallest absolute Gasteiger partial charge is 0.326 e. The molecule has 110 valence electrons. The van der Waals surface area contributed by atoms with E-state index in [0.29, 0.717) is 19.0 Å². The number of urea groups is 1. The molecule has 3 unspecified atom stereocenters. The van der Waals surface area contributed by atoms with Crippen LogP contribution in [-0.4, -0.2) is 41.1 Å². The van der Waals surface area contributed by atoms with Crippen molar-refractivity contribution < 1.29 is 14.7 Å². The Balaban J connectivity index is 2.57. The molecule has 1 fully saturated rings. The van der Waals surface area contributed by atoms with Crippen molar-refractivity contribution in [2.24, 2.45) is 17.3 Å². The summed E-state index contributed by atoms with van der Waals surface area (Å²) in [5.74, 6) is -0.563. The van der Waals surface area contributed by atoms with Crippen LogP contribution < -0.4 is 5.32 Å². The van der Waals surface area contributed by atoms with Crippen LogP contribution in [0.5, 0.6) is 0 Å². The number of aliphatic carboxylic acids is 1. The Labute approximate surface area is 115 Å². The third kappa shape index (κ3) is 3.85. The van der Waals surface area contributed by atoms with Crippen LogP contribution >= 0.6 is 0 Å². The SMILES string of the molecule is CC1CCN(C(=O)NCC(C)C(C)(C)C)C1C(=O)O. The Bertz CT molecular complexity index is 349. The molecule has 0 aromatic carbocycles. The molecule has 0 spiro atoms. The molecule has 1 saturated heterocycles. The monoisotopic (exact) mass is 270 g/mol. The number of nitrogens with one attached hydrogen (secondary N) is 1. The summed E-state index contributed by atoms with van der Waals surface area (Å²) in [4.78, 5) is 24.7. The highest BCUT2D eigenvalue weighted by Gasteiger charge is 2.39. The van der Waals surface area contributed by atoms with Crippen LogP contribution in [-0.2, 0) is 4.79 Å². The molecule has 0 radical (unpaired) electrons. The molecule has 1 heterocycles. The van der Waals surface area contributed by atoms with Gasteiger partial charge in [-0.3, -0.25) is 0 Å². The van der Waals surface area contributed by atoms with Crippen molar-refractivity contribution in [1.82, 2.24) is 10.2 Å². The fourth-order valence-electron chi connectivity index (χ4n) is 2.20. The van der Waals surface area contributed by atoms with Gasteiger partial charge in [0, 0.05) is 13.1 Å². The summed E-state index contributed by atoms with van der Waals surface area (Å²) in [7, 11) is 0. The first-order valence-electron chi connectivity index (χ1n) is 6.92. The molecule has 0 aromatic rings. The number of hydrogen-bond donors (Lipinski definition) is 2. The minimum absolute atomic E-state index is 0.0169. The second-order valence-corrected chi connectivity index (χ2v) is 6.70. The van der Waals surface area contributed by atoms with E-state index in [1.807, 2.05) is 6.92 Å². The number of carboxylic acids is 1. The fraction of sp³-hybridized carbons (Fsp3) is 0.857. The molecule has 5 nitrogen and oxygen atoms in total. The van der Waals surface area contributed by atoms with Crippen molar-refractivity contribution in [3.8, 4) is 0 Å². The van der Waals surface area contributed by atoms with Crippen molar-refractivity contribution in [2.45, 2.75) is 47.1 Å². The Kier molecular flexibility index (Phi) is 4.82. The van der Waals surface area contributed by atoms with E-state index in [1.165, 1.54) is 4.90 Å². The highest BCUT2D eigenvalue weighted by Crippen LogP contribution is 2.26. The van der Waals surface area contributed by atoms with Crippen molar-refractivity contribution in [3.63, 3.8) is 0 Å². The Morgan fingerprint density at radius 3 is 2.47 bits per heavy atom. The Morgan fingerprint density at radius 1 is 1.42 bits per heavy atom. The molecule has 0 bridgehead atoms. The summed E-state index contributed by atoms with van der Waals surface area (Å²) in [5.41, 5.74) is 0.123. The van der Waals surface area contributed by atoms with Crippen molar-refractivity contribution in [3.05, 3.63) is 0 Å². The predicted octanol–water partition coefficient (Wildman–Crippen LogP) is 2.17. The van der Waals surface area contributed by atoms with Crippen LogP contribution in [0.2, 0.25) is 0 Å². The van der Waals surface area contributed by atoms with Crippen molar-refractivity contribution >= 4 is 12.0 Å². The molecule has 2 amide bonds. The number of carbonyl (C=O) groups is 2. The average molecular weight is 270 g/mol. The van der Waals surface area contributed by atoms with Gasteiger partial charge in [0.05, 0.1) is 0 Å². The van der Waals surface area contributed by atoms with E-state index in [4.69, 9.17) is 0 Å². The maximum absolute atomic E-state index is 12.1. The molecule has 0 aromatic heterocycles. The number of carbonyl (C=O) groups excluding carboxylic acids is 1. The molecular weight excluding hydrogens is 244 g/mol. The van der Waals surface area contributed by atoms with E-state index >= 15 is 0 Å². The van der Waals surface area contributed by atoms with Crippen LogP contribution in [0, 0.1) is 17.3 Å². The molecule has 0 aliphatic carbocycles. The molecule has 0 saturated carbocycles. The highest BCUT2D eigenvalue weighted by atomic mass is 16.4. The summed E-state index contributed by atoms with van der Waals surface area (Å²) in [6.07, 6.45) is 0.749. The van der Waals surface area contributed by atoms with Gasteiger partial charge in [-0.1, -0.05) is 34.6 Å². The number of nitrogens with zero attached hydrogens (tertiary/aromatic N) is 1. The molecule has 2 N–H and O–H groups in total. The number of amides is 2. The van der Waals surface area contributed by atoms with Gasteiger partial charge in [-0.25, -0.2) is 9.59 Å². The van der Waals surface area contributed by atoms with E-state index in [1.54, 1.807) is 0 Å². The lowest BCUT2D eigenvalue weighted by atomic mass is 9.82. The lowest BCUT2D eigenvalue weighted by Crippen LogP contribution is -2.49. The van der Waals surface area contributed by atoms with E-state index in [0.717, 1.165) is 6.42 Å². The Hall–Kier alpha value is -1.26. The van der Waals surface area contributed by atoms with E-state index in [-0.39, 0.29) is 17.4 Å². The molecule has 1 rings (SSSR count). The topological polar surface area (TPSA) is 69.6 Å². The normalized spacial score (nSPS) is 25.2. The summed E-state index contributed by atoms with van der Waals surface area (Å²) in [6.45, 7) is 11.4. The minimum Gasteiger partial charge on any atom is -0.480 e. The Morgan fingerprint density at radius 2 is 2.00 bits per heavy atom. The van der Waals surface area contributed by atoms with Crippen LogP contribution in [0.1, 0.15) is 41.0 Å². The third-order valence-electron chi connectivity index (χ3n) is 4.25. The minimum atomic E-state index is -0.913. The average Bonchev–Trinajstić information content (AvgIpc) is 2.66. The molecule has 3 atom stereocenters. The van der Waals surface area contributed by atoms with Gasteiger partial charge in [-0.05, 0) is 23.7 Å². The maximum atomic E-state index is 12.1. The first-order valence-corrected chi connectivity index (χ1v) is 6.92. The number of carboxylic acid groups (broad SMARTS) is 1. The van der Waals surface area contributed by atoms with Crippen LogP contribution in [0.4, 0.5) is 4.79 Å². The van der Waals surface area contributed by atoms with Gasteiger partial charge in [0.1, 0.15) is 6.04 Å². The van der Waals surface area contributed by atoms with Gasteiger partial charge < -0.3 is 15.3 Å². The van der Waals surface area contributed by atoms with Gasteiger partial charge in [0.2, 0.25) is 0 Å². The summed E-state index contributed by atoms with van der Waals surface area (Å²) in [5, 5.41) is 12.0. The van der Waals surface area contributed by atoms with Gasteiger partial charge in [-0.2, -0.15) is 0 Å². The lowest BCUT2D eigenvalue weighted by molar-refractivity contribution is -0.142. The standard InChI is InChI=1S/C14H26N2O3/c1-9-6-7-16(11(9)12(17)18)13(19)15-8-10(2)14(3,4)5/h9-11H,6-8H2,1-5H3,(H,15,19)(H,17,18). The lowest BCUT2D eigenvalue weighted by Gasteiger charge is -2.29. The zero-order valence-electron chi connectivity index (χ0n) is 12.6. The van der Waals surface area contributed by atoms with Crippen LogP contribution in [0.3, 0.4) is 0 Å². The van der Waals surface area contributed by atoms with Gasteiger partial charge in [0.25, 0.3) is 0 Å². The number of likely N-dealkylation sites (tertiary alicyclic amines) is 1. The van der Waals surface area contributed by atoms with Crippen LogP contribution in [0.15, 0.2) is 0 Å². The highest BCUT2D eigenvalue weighted by molar-refractivity contribution is 5.83. The zero-order valence-corrected chi connectivity index (χ0v) is 12.6. The third-order valence-corrected chi connectivity index (χ3v) is 4.25. The molecule has 5 heteroatoms. The maximum Gasteiger partial charge on any atom is 0.326 e. The van der Waals surface area contributed by atoms with Gasteiger partial charge in [-0.15, -0.1) is 0 Å². The number of rotatable bonds is 3. The van der Waals surface area contributed by atoms with Crippen molar-refractivity contribution in [2.75, 3.05) is 13.1 Å². The first-order chi connectivity index (χ1) is 8.64. The fourth-order valence-corrected chi connectivity index (χ4v) is 2.20. The van der Waals surface area contributed by atoms with Gasteiger partial charge in [0.15, 0.2) is 0 Å². The van der Waals surface area contributed by atoms with E-state index in [2.05, 4.69) is 33.0 Å². The summed E-state index contributed by atoms with van der Waals surface area (Å²) in [6, 6.07) is -0.946. The molecule has 19 heavy (non-hydrogen) atoms. The molecule has 1 aliphatic heterocycles. The van der Waals surface area contributed by atoms with E-state index in [9.17, 15) is 14.7 Å². The molecule has 1 aliphatic rings.